The van der Waals surface area contributed by atoms with Crippen molar-refractivity contribution in [2.75, 3.05) is 6.54 Å². The number of ether oxygens (including phenoxy) is 1. The lowest BCUT2D eigenvalue weighted by Crippen LogP contribution is -2.33. The number of rotatable bonds is 6. The smallest absolute Gasteiger partial charge is 0.407 e. The number of carbonyl (C=O) groups excluding carboxylic acids is 2. The largest absolute Gasteiger partial charge is 0.444 e. The van der Waals surface area contributed by atoms with E-state index in [1.807, 2.05) is 13.0 Å². The van der Waals surface area contributed by atoms with Gasteiger partial charge in [0.1, 0.15) is 5.60 Å². The number of amides is 2. The molecule has 0 saturated carbocycles. The van der Waals surface area contributed by atoms with Crippen LogP contribution in [0.15, 0.2) is 18.2 Å². The summed E-state index contributed by atoms with van der Waals surface area (Å²) in [4.78, 5) is 23.4. The van der Waals surface area contributed by atoms with E-state index in [2.05, 4.69) is 10.6 Å². The van der Waals surface area contributed by atoms with Gasteiger partial charge in [-0.2, -0.15) is 0 Å². The Balaban J connectivity index is 2.31. The number of alkyl carbamates (subject to hydrolysis) is 1. The highest BCUT2D eigenvalue weighted by atomic mass is 35.5. The fourth-order valence-electron chi connectivity index (χ4n) is 1.93. The summed E-state index contributed by atoms with van der Waals surface area (Å²) in [6, 6.07) is 5.08. The summed E-state index contributed by atoms with van der Waals surface area (Å²) in [5, 5.41) is 6.44. The van der Waals surface area contributed by atoms with E-state index < -0.39 is 11.7 Å². The minimum Gasteiger partial charge on any atom is -0.444 e. The van der Waals surface area contributed by atoms with Crippen LogP contribution < -0.4 is 10.6 Å². The molecule has 2 N–H and O–H groups in total. The van der Waals surface area contributed by atoms with Gasteiger partial charge in [-0.15, -0.1) is 0 Å². The molecule has 5 nitrogen and oxygen atoms in total. The molecule has 0 aliphatic carbocycles. The molecule has 24 heavy (non-hydrogen) atoms. The van der Waals surface area contributed by atoms with Gasteiger partial charge >= 0.3 is 6.09 Å². The Hall–Kier alpha value is -1.46. The number of benzene rings is 1. The summed E-state index contributed by atoms with van der Waals surface area (Å²) in [5.74, 6) is -0.0976. The van der Waals surface area contributed by atoms with Crippen molar-refractivity contribution in [3.63, 3.8) is 0 Å². The van der Waals surface area contributed by atoms with E-state index in [1.165, 1.54) is 0 Å². The average molecular weight is 375 g/mol. The first-order valence-corrected chi connectivity index (χ1v) is 8.55. The molecule has 0 radical (unpaired) electrons. The molecule has 0 fully saturated rings. The van der Waals surface area contributed by atoms with Gasteiger partial charge in [0.2, 0.25) is 5.91 Å². The van der Waals surface area contributed by atoms with Crippen molar-refractivity contribution in [3.8, 4) is 0 Å². The maximum Gasteiger partial charge on any atom is 0.407 e. The van der Waals surface area contributed by atoms with Gasteiger partial charge in [-0.25, -0.2) is 4.79 Å². The summed E-state index contributed by atoms with van der Waals surface area (Å²) in [6.45, 7) is 7.64. The van der Waals surface area contributed by atoms with Crippen molar-refractivity contribution in [2.24, 2.45) is 0 Å². The quantitative estimate of drug-likeness (QED) is 0.721. The van der Waals surface area contributed by atoms with Crippen molar-refractivity contribution in [2.45, 2.75) is 52.2 Å². The predicted octanol–water partition coefficient (Wildman–Crippen LogP) is 4.48. The van der Waals surface area contributed by atoms with Gasteiger partial charge in [0.25, 0.3) is 0 Å². The molecule has 1 atom stereocenters. The Kier molecular flexibility index (Phi) is 7.84. The first-order chi connectivity index (χ1) is 11.1. The molecule has 7 heteroatoms. The van der Waals surface area contributed by atoms with E-state index in [0.29, 0.717) is 29.4 Å². The van der Waals surface area contributed by atoms with Crippen LogP contribution in [0.25, 0.3) is 0 Å². The van der Waals surface area contributed by atoms with Crippen LogP contribution >= 0.6 is 23.2 Å². The van der Waals surface area contributed by atoms with Crippen molar-refractivity contribution >= 4 is 35.2 Å². The Morgan fingerprint density at radius 3 is 2.46 bits per heavy atom. The van der Waals surface area contributed by atoms with Crippen LogP contribution in [-0.4, -0.2) is 24.1 Å². The SMILES string of the molecule is CC(NC(=O)CCCNC(=O)OC(C)(C)C)c1ccc(Cl)c(Cl)c1. The lowest BCUT2D eigenvalue weighted by molar-refractivity contribution is -0.121. The third-order valence-electron chi connectivity index (χ3n) is 3.07. The van der Waals surface area contributed by atoms with Gasteiger partial charge in [0.15, 0.2) is 0 Å². The third kappa shape index (κ3) is 7.88. The van der Waals surface area contributed by atoms with E-state index in [-0.39, 0.29) is 11.9 Å². The zero-order chi connectivity index (χ0) is 18.3. The van der Waals surface area contributed by atoms with Crippen molar-refractivity contribution < 1.29 is 14.3 Å². The second kappa shape index (κ2) is 9.14. The van der Waals surface area contributed by atoms with Gasteiger partial charge in [0.05, 0.1) is 16.1 Å². The minimum atomic E-state index is -0.531. The van der Waals surface area contributed by atoms with Crippen LogP contribution in [0.3, 0.4) is 0 Å². The Bertz CT molecular complexity index is 586. The maximum atomic E-state index is 11.9. The predicted molar refractivity (Wildman–Crippen MR) is 96.5 cm³/mol. The summed E-state index contributed by atoms with van der Waals surface area (Å²) < 4.78 is 5.11. The Morgan fingerprint density at radius 2 is 1.88 bits per heavy atom. The van der Waals surface area contributed by atoms with Gasteiger partial charge in [-0.1, -0.05) is 29.3 Å². The second-order valence-electron chi connectivity index (χ2n) is 6.49. The fourth-order valence-corrected chi connectivity index (χ4v) is 2.24. The lowest BCUT2D eigenvalue weighted by atomic mass is 10.1. The monoisotopic (exact) mass is 374 g/mol. The summed E-state index contributed by atoms with van der Waals surface area (Å²) in [7, 11) is 0. The Labute approximate surface area is 153 Å². The van der Waals surface area contributed by atoms with E-state index in [1.54, 1.807) is 32.9 Å². The van der Waals surface area contributed by atoms with Gasteiger partial charge in [0, 0.05) is 13.0 Å². The average Bonchev–Trinajstić information content (AvgIpc) is 2.44. The van der Waals surface area contributed by atoms with E-state index in [4.69, 9.17) is 27.9 Å². The number of hydrogen-bond acceptors (Lipinski definition) is 3. The molecule has 1 rings (SSSR count). The van der Waals surface area contributed by atoms with E-state index in [0.717, 1.165) is 5.56 Å². The van der Waals surface area contributed by atoms with Crippen LogP contribution in [0.4, 0.5) is 4.79 Å². The zero-order valence-electron chi connectivity index (χ0n) is 14.4. The molecule has 134 valence electrons. The van der Waals surface area contributed by atoms with E-state index >= 15 is 0 Å². The zero-order valence-corrected chi connectivity index (χ0v) is 15.9. The van der Waals surface area contributed by atoms with Gasteiger partial charge in [-0.3, -0.25) is 4.79 Å². The summed E-state index contributed by atoms with van der Waals surface area (Å²) in [5.41, 5.74) is 0.348. The summed E-state index contributed by atoms with van der Waals surface area (Å²) in [6.07, 6.45) is 0.354. The third-order valence-corrected chi connectivity index (χ3v) is 3.81. The number of hydrogen-bond donors (Lipinski definition) is 2. The molecule has 0 spiro atoms. The first-order valence-electron chi connectivity index (χ1n) is 7.79. The number of carbonyl (C=O) groups is 2. The molecule has 0 aliphatic rings. The molecular formula is C17H24Cl2N2O3. The van der Waals surface area contributed by atoms with Crippen LogP contribution in [0.1, 0.15) is 52.1 Å². The molecular weight excluding hydrogens is 351 g/mol. The molecule has 1 aromatic carbocycles. The Morgan fingerprint density at radius 1 is 1.21 bits per heavy atom. The molecule has 1 aromatic rings. The maximum absolute atomic E-state index is 11.9. The highest BCUT2D eigenvalue weighted by Gasteiger charge is 2.16. The fraction of sp³-hybridized carbons (Fsp3) is 0.529. The highest BCUT2D eigenvalue weighted by molar-refractivity contribution is 6.42. The van der Waals surface area contributed by atoms with Crippen molar-refractivity contribution in [1.82, 2.24) is 10.6 Å². The number of halogens is 2. The lowest BCUT2D eigenvalue weighted by Gasteiger charge is -2.19. The van der Waals surface area contributed by atoms with Crippen molar-refractivity contribution in [3.05, 3.63) is 33.8 Å². The molecule has 2 amide bonds. The van der Waals surface area contributed by atoms with Gasteiger partial charge in [-0.05, 0) is 51.8 Å². The molecule has 0 heterocycles. The normalized spacial score (nSPS) is 12.4. The molecule has 0 aliphatic heterocycles. The molecule has 0 aromatic heterocycles. The van der Waals surface area contributed by atoms with Crippen LogP contribution in [0.2, 0.25) is 10.0 Å². The highest BCUT2D eigenvalue weighted by Crippen LogP contribution is 2.25. The molecule has 0 saturated heterocycles. The van der Waals surface area contributed by atoms with Crippen molar-refractivity contribution in [1.29, 1.82) is 0 Å². The van der Waals surface area contributed by atoms with Crippen LogP contribution in [0, 0.1) is 0 Å². The molecule has 0 bridgehead atoms. The molecule has 1 unspecified atom stereocenters. The number of nitrogens with one attached hydrogen (secondary N) is 2. The summed E-state index contributed by atoms with van der Waals surface area (Å²) >= 11 is 11.9. The van der Waals surface area contributed by atoms with E-state index in [9.17, 15) is 9.59 Å². The topological polar surface area (TPSA) is 67.4 Å². The first kappa shape index (κ1) is 20.6. The van der Waals surface area contributed by atoms with Crippen LogP contribution in [0.5, 0.6) is 0 Å². The standard InChI is InChI=1S/C17H24Cl2N2O3/c1-11(12-7-8-13(18)14(19)10-12)21-15(22)6-5-9-20-16(23)24-17(2,3)4/h7-8,10-11H,5-6,9H2,1-4H3,(H,20,23)(H,21,22). The van der Waals surface area contributed by atoms with Gasteiger partial charge < -0.3 is 15.4 Å². The second-order valence-corrected chi connectivity index (χ2v) is 7.31. The van der Waals surface area contributed by atoms with Crippen LogP contribution in [-0.2, 0) is 9.53 Å². The minimum absolute atomic E-state index is 0.0976.